The third-order valence-electron chi connectivity index (χ3n) is 3.78. The molecular formula is C18H29NO. The van der Waals surface area contributed by atoms with Crippen molar-refractivity contribution in [3.05, 3.63) is 29.8 Å². The van der Waals surface area contributed by atoms with Crippen molar-refractivity contribution in [3.63, 3.8) is 0 Å². The molecule has 1 N–H and O–H groups in total. The molecule has 2 rings (SSSR count). The maximum atomic E-state index is 5.82. The van der Waals surface area contributed by atoms with Gasteiger partial charge < -0.3 is 10.1 Å². The van der Waals surface area contributed by atoms with Crippen LogP contribution in [0.4, 0.5) is 0 Å². The number of hydrogen-bond donors (Lipinski definition) is 1. The minimum absolute atomic E-state index is 0.479. The van der Waals surface area contributed by atoms with E-state index >= 15 is 0 Å². The molecule has 1 aromatic carbocycles. The van der Waals surface area contributed by atoms with Crippen molar-refractivity contribution in [1.29, 1.82) is 0 Å². The third kappa shape index (κ3) is 5.16. The summed E-state index contributed by atoms with van der Waals surface area (Å²) >= 11 is 0. The van der Waals surface area contributed by atoms with Crippen molar-refractivity contribution < 1.29 is 4.74 Å². The zero-order valence-corrected chi connectivity index (χ0v) is 13.2. The third-order valence-corrected chi connectivity index (χ3v) is 3.78. The number of nitrogens with one attached hydrogen (secondary N) is 1. The summed E-state index contributed by atoms with van der Waals surface area (Å²) in [7, 11) is 0. The molecule has 1 fully saturated rings. The Hall–Kier alpha value is -1.02. The van der Waals surface area contributed by atoms with Crippen LogP contribution in [0.25, 0.3) is 0 Å². The summed E-state index contributed by atoms with van der Waals surface area (Å²) in [5.41, 5.74) is 1.39. The van der Waals surface area contributed by atoms with E-state index in [4.69, 9.17) is 4.74 Å². The van der Waals surface area contributed by atoms with E-state index in [-0.39, 0.29) is 0 Å². The number of hydrogen-bond acceptors (Lipinski definition) is 2. The minimum Gasteiger partial charge on any atom is -0.490 e. The molecule has 1 aliphatic rings. The van der Waals surface area contributed by atoms with E-state index in [0.717, 1.165) is 18.2 Å². The maximum absolute atomic E-state index is 5.82. The standard InChI is InChI=1S/C18H29NO/c1-4-13-19-18(12-5-14(2)3)15-6-8-16(9-7-15)20-17-10-11-17/h6-9,14,17-19H,4-5,10-13H2,1-3H3. The van der Waals surface area contributed by atoms with Gasteiger partial charge in [0, 0.05) is 6.04 Å². The van der Waals surface area contributed by atoms with Gasteiger partial charge in [-0.1, -0.05) is 32.9 Å². The Morgan fingerprint density at radius 3 is 2.40 bits per heavy atom. The molecule has 1 unspecified atom stereocenters. The molecule has 1 atom stereocenters. The Labute approximate surface area is 123 Å². The minimum atomic E-state index is 0.479. The molecule has 0 radical (unpaired) electrons. The van der Waals surface area contributed by atoms with Gasteiger partial charge in [-0.3, -0.25) is 0 Å². The normalized spacial score (nSPS) is 16.4. The smallest absolute Gasteiger partial charge is 0.119 e. The van der Waals surface area contributed by atoms with E-state index in [1.165, 1.54) is 37.7 Å². The quantitative estimate of drug-likeness (QED) is 0.705. The van der Waals surface area contributed by atoms with Crippen LogP contribution >= 0.6 is 0 Å². The largest absolute Gasteiger partial charge is 0.490 e. The van der Waals surface area contributed by atoms with E-state index in [1.54, 1.807) is 0 Å². The molecule has 0 spiro atoms. The zero-order chi connectivity index (χ0) is 14.4. The van der Waals surface area contributed by atoms with E-state index in [2.05, 4.69) is 50.4 Å². The Balaban J connectivity index is 1.94. The summed E-state index contributed by atoms with van der Waals surface area (Å²) in [5.74, 6) is 1.78. The molecule has 1 aromatic rings. The SMILES string of the molecule is CCCNC(CCC(C)C)c1ccc(OC2CC2)cc1. The molecule has 2 nitrogen and oxygen atoms in total. The molecule has 0 aliphatic heterocycles. The molecule has 0 amide bonds. The molecule has 20 heavy (non-hydrogen) atoms. The van der Waals surface area contributed by atoms with Crippen LogP contribution in [0.3, 0.4) is 0 Å². The first-order valence-electron chi connectivity index (χ1n) is 8.19. The van der Waals surface area contributed by atoms with Gasteiger partial charge in [-0.15, -0.1) is 0 Å². The maximum Gasteiger partial charge on any atom is 0.119 e. The predicted molar refractivity (Wildman–Crippen MR) is 85.2 cm³/mol. The first kappa shape index (κ1) is 15.4. The second-order valence-electron chi connectivity index (χ2n) is 6.36. The summed E-state index contributed by atoms with van der Waals surface area (Å²) in [6.07, 6.45) is 6.58. The fraction of sp³-hybridized carbons (Fsp3) is 0.667. The second kappa shape index (κ2) is 7.68. The predicted octanol–water partition coefficient (Wildman–Crippen LogP) is 4.70. The van der Waals surface area contributed by atoms with Crippen LogP contribution in [0.15, 0.2) is 24.3 Å². The van der Waals surface area contributed by atoms with E-state index in [0.29, 0.717) is 12.1 Å². The Kier molecular flexibility index (Phi) is 5.90. The Morgan fingerprint density at radius 2 is 1.85 bits per heavy atom. The topological polar surface area (TPSA) is 21.3 Å². The van der Waals surface area contributed by atoms with Crippen LogP contribution < -0.4 is 10.1 Å². The molecule has 0 aromatic heterocycles. The summed E-state index contributed by atoms with van der Waals surface area (Å²) in [6, 6.07) is 9.19. The van der Waals surface area contributed by atoms with Crippen molar-refractivity contribution in [3.8, 4) is 5.75 Å². The van der Waals surface area contributed by atoms with Gasteiger partial charge in [0.1, 0.15) is 5.75 Å². The summed E-state index contributed by atoms with van der Waals surface area (Å²) < 4.78 is 5.82. The first-order valence-corrected chi connectivity index (χ1v) is 8.19. The van der Waals surface area contributed by atoms with E-state index in [9.17, 15) is 0 Å². The van der Waals surface area contributed by atoms with Crippen molar-refractivity contribution in [2.24, 2.45) is 5.92 Å². The second-order valence-corrected chi connectivity index (χ2v) is 6.36. The van der Waals surface area contributed by atoms with Crippen LogP contribution in [0.5, 0.6) is 5.75 Å². The molecule has 0 heterocycles. The highest BCUT2D eigenvalue weighted by atomic mass is 16.5. The van der Waals surface area contributed by atoms with Gasteiger partial charge in [-0.25, -0.2) is 0 Å². The van der Waals surface area contributed by atoms with Gasteiger partial charge in [0.25, 0.3) is 0 Å². The van der Waals surface area contributed by atoms with Crippen LogP contribution in [-0.2, 0) is 0 Å². The van der Waals surface area contributed by atoms with Gasteiger partial charge in [0.15, 0.2) is 0 Å². The highest BCUT2D eigenvalue weighted by molar-refractivity contribution is 5.29. The molecule has 112 valence electrons. The molecule has 1 aliphatic carbocycles. The fourth-order valence-electron chi connectivity index (χ4n) is 2.36. The van der Waals surface area contributed by atoms with E-state index in [1.807, 2.05) is 0 Å². The number of ether oxygens (including phenoxy) is 1. The van der Waals surface area contributed by atoms with Crippen LogP contribution in [-0.4, -0.2) is 12.6 Å². The van der Waals surface area contributed by atoms with Crippen molar-refractivity contribution in [2.45, 2.75) is 65.0 Å². The van der Waals surface area contributed by atoms with Gasteiger partial charge in [0.05, 0.1) is 6.10 Å². The van der Waals surface area contributed by atoms with Crippen molar-refractivity contribution >= 4 is 0 Å². The number of rotatable bonds is 9. The lowest BCUT2D eigenvalue weighted by Gasteiger charge is -2.20. The molecule has 1 saturated carbocycles. The average molecular weight is 275 g/mol. The summed E-state index contributed by atoms with van der Waals surface area (Å²) in [5, 5.41) is 3.67. The van der Waals surface area contributed by atoms with Gasteiger partial charge in [-0.05, 0) is 62.3 Å². The monoisotopic (exact) mass is 275 g/mol. The van der Waals surface area contributed by atoms with Gasteiger partial charge in [-0.2, -0.15) is 0 Å². The molecule has 0 bridgehead atoms. The lowest BCUT2D eigenvalue weighted by atomic mass is 9.97. The van der Waals surface area contributed by atoms with Gasteiger partial charge in [0.2, 0.25) is 0 Å². The lowest BCUT2D eigenvalue weighted by Crippen LogP contribution is -2.22. The Bertz CT molecular complexity index is 381. The van der Waals surface area contributed by atoms with Crippen LogP contribution in [0.1, 0.15) is 64.5 Å². The lowest BCUT2D eigenvalue weighted by molar-refractivity contribution is 0.303. The van der Waals surface area contributed by atoms with Crippen molar-refractivity contribution in [1.82, 2.24) is 5.32 Å². The fourth-order valence-corrected chi connectivity index (χ4v) is 2.36. The number of benzene rings is 1. The highest BCUT2D eigenvalue weighted by Gasteiger charge is 2.23. The van der Waals surface area contributed by atoms with Gasteiger partial charge >= 0.3 is 0 Å². The highest BCUT2D eigenvalue weighted by Crippen LogP contribution is 2.28. The van der Waals surface area contributed by atoms with Crippen LogP contribution in [0.2, 0.25) is 0 Å². The zero-order valence-electron chi connectivity index (χ0n) is 13.2. The average Bonchev–Trinajstić information content (AvgIpc) is 3.24. The van der Waals surface area contributed by atoms with Crippen molar-refractivity contribution in [2.75, 3.05) is 6.54 Å². The first-order chi connectivity index (χ1) is 9.69. The van der Waals surface area contributed by atoms with Crippen LogP contribution in [0, 0.1) is 5.92 Å². The molecular weight excluding hydrogens is 246 g/mol. The summed E-state index contributed by atoms with van der Waals surface area (Å²) in [4.78, 5) is 0. The summed E-state index contributed by atoms with van der Waals surface area (Å²) in [6.45, 7) is 7.90. The molecule has 2 heteroatoms. The van der Waals surface area contributed by atoms with E-state index < -0.39 is 0 Å². The Morgan fingerprint density at radius 1 is 1.15 bits per heavy atom. The molecule has 0 saturated heterocycles.